The Labute approximate surface area is 332 Å². The van der Waals surface area contributed by atoms with Gasteiger partial charge in [0.15, 0.2) is 0 Å². The number of nitrogens with zero attached hydrogens (tertiary/aromatic N) is 3. The topological polar surface area (TPSA) is 9.72 Å². The minimum Gasteiger partial charge on any atom is -0.302 e. The molecule has 0 atom stereocenters. The van der Waals surface area contributed by atoms with Crippen LogP contribution >= 0.6 is 0 Å². The Morgan fingerprint density at radius 1 is 0.154 bits per heavy atom. The van der Waals surface area contributed by atoms with Gasteiger partial charge in [-0.05, 0) is 64.8 Å². The summed E-state index contributed by atoms with van der Waals surface area (Å²) in [6.45, 7) is 23.5. The Hall–Kier alpha value is -0.120. The molecule has 0 aromatic carbocycles. The third-order valence-corrected chi connectivity index (χ3v) is 11.9. The van der Waals surface area contributed by atoms with Gasteiger partial charge in [-0.1, -0.05) is 227 Å². The fraction of sp³-hybridized carbons (Fsp3) is 1.00. The van der Waals surface area contributed by atoms with Gasteiger partial charge >= 0.3 is 0 Å². The van der Waals surface area contributed by atoms with Crippen molar-refractivity contribution in [1.82, 2.24) is 14.7 Å². The molecule has 3 heteroatoms. The lowest BCUT2D eigenvalue weighted by Crippen LogP contribution is -2.41. The standard InChI is InChI=1S/C49H103N3/c1-6-11-16-21-26-31-36-41-50(42-37-32-27-22-17-12-7-2)46-48-52(45-40-35-30-25-20-15-10-5)49-47-51(43-38-33-28-23-18-13-8-3)44-39-34-29-24-19-14-9-4/h6-49H2,1-5H3. The van der Waals surface area contributed by atoms with Gasteiger partial charge in [0.1, 0.15) is 0 Å². The van der Waals surface area contributed by atoms with Crippen molar-refractivity contribution in [2.45, 2.75) is 259 Å². The monoisotopic (exact) mass is 734 g/mol. The van der Waals surface area contributed by atoms with Crippen molar-refractivity contribution in [3.05, 3.63) is 0 Å². The van der Waals surface area contributed by atoms with Crippen LogP contribution in [0.1, 0.15) is 259 Å². The average molecular weight is 734 g/mol. The third kappa shape index (κ3) is 39.6. The molecule has 0 saturated heterocycles. The van der Waals surface area contributed by atoms with Gasteiger partial charge in [-0.15, -0.1) is 0 Å². The van der Waals surface area contributed by atoms with Gasteiger partial charge in [0.2, 0.25) is 0 Å². The summed E-state index contributed by atoms with van der Waals surface area (Å²) in [5.41, 5.74) is 0. The van der Waals surface area contributed by atoms with E-state index in [1.807, 2.05) is 0 Å². The molecule has 0 radical (unpaired) electrons. The Bertz CT molecular complexity index is 544. The molecule has 0 aromatic heterocycles. The van der Waals surface area contributed by atoms with Gasteiger partial charge in [-0.2, -0.15) is 0 Å². The lowest BCUT2D eigenvalue weighted by molar-refractivity contribution is 0.167. The van der Waals surface area contributed by atoms with Crippen LogP contribution in [0.15, 0.2) is 0 Å². The minimum absolute atomic E-state index is 1.28. The molecule has 0 rings (SSSR count). The molecule has 0 aromatic rings. The fourth-order valence-corrected chi connectivity index (χ4v) is 8.03. The second kappa shape index (κ2) is 45.3. The van der Waals surface area contributed by atoms with E-state index >= 15 is 0 Å². The molecule has 0 saturated carbocycles. The maximum Gasteiger partial charge on any atom is 0.0110 e. The van der Waals surface area contributed by atoms with E-state index in [-0.39, 0.29) is 0 Å². The highest BCUT2D eigenvalue weighted by Gasteiger charge is 2.13. The first-order valence-corrected chi connectivity index (χ1v) is 24.9. The van der Waals surface area contributed by atoms with Crippen LogP contribution in [0.3, 0.4) is 0 Å². The Kier molecular flexibility index (Phi) is 45.2. The summed E-state index contributed by atoms with van der Waals surface area (Å²) < 4.78 is 0. The quantitative estimate of drug-likeness (QED) is 0.0577. The van der Waals surface area contributed by atoms with E-state index in [2.05, 4.69) is 49.3 Å². The van der Waals surface area contributed by atoms with Crippen LogP contribution in [0.25, 0.3) is 0 Å². The summed E-state index contributed by atoms with van der Waals surface area (Å²) in [6.07, 6.45) is 49.8. The molecule has 0 unspecified atom stereocenters. The Morgan fingerprint density at radius 2 is 0.288 bits per heavy atom. The predicted octanol–water partition coefficient (Wildman–Crippen LogP) is 15.6. The third-order valence-electron chi connectivity index (χ3n) is 11.9. The number of rotatable bonds is 46. The van der Waals surface area contributed by atoms with Crippen molar-refractivity contribution in [3.63, 3.8) is 0 Å². The molecule has 0 N–H and O–H groups in total. The van der Waals surface area contributed by atoms with E-state index in [9.17, 15) is 0 Å². The maximum atomic E-state index is 2.91. The molecule has 314 valence electrons. The first kappa shape index (κ1) is 51.9. The van der Waals surface area contributed by atoms with E-state index in [4.69, 9.17) is 0 Å². The lowest BCUT2D eigenvalue weighted by Gasteiger charge is -2.30. The Morgan fingerprint density at radius 3 is 0.462 bits per heavy atom. The first-order valence-electron chi connectivity index (χ1n) is 24.9. The van der Waals surface area contributed by atoms with Gasteiger partial charge in [-0.3, -0.25) is 0 Å². The zero-order valence-corrected chi connectivity index (χ0v) is 37.5. The van der Waals surface area contributed by atoms with Gasteiger partial charge in [0, 0.05) is 26.2 Å². The van der Waals surface area contributed by atoms with Crippen LogP contribution in [0.5, 0.6) is 0 Å². The normalized spacial score (nSPS) is 12.0. The van der Waals surface area contributed by atoms with Crippen LogP contribution in [-0.2, 0) is 0 Å². The molecule has 0 aliphatic carbocycles. The average Bonchev–Trinajstić information content (AvgIpc) is 3.15. The molecule has 0 aliphatic heterocycles. The van der Waals surface area contributed by atoms with Crippen molar-refractivity contribution >= 4 is 0 Å². The molecule has 0 fully saturated rings. The molecule has 0 amide bonds. The lowest BCUT2D eigenvalue weighted by atomic mass is 10.1. The highest BCUT2D eigenvalue weighted by Crippen LogP contribution is 2.14. The molecule has 0 bridgehead atoms. The highest BCUT2D eigenvalue weighted by atomic mass is 15.2. The zero-order valence-electron chi connectivity index (χ0n) is 37.5. The fourth-order valence-electron chi connectivity index (χ4n) is 8.03. The van der Waals surface area contributed by atoms with Gasteiger partial charge < -0.3 is 14.7 Å². The summed E-state index contributed by atoms with van der Waals surface area (Å²) in [5, 5.41) is 0. The SMILES string of the molecule is CCCCCCCCCN(CCCCCCCCC)CCN(CCCCCCCCC)CCN(CCCCCCCCC)CCCCCCCCC. The summed E-state index contributed by atoms with van der Waals surface area (Å²) in [6, 6.07) is 0. The van der Waals surface area contributed by atoms with Crippen molar-refractivity contribution < 1.29 is 0 Å². The summed E-state index contributed by atoms with van der Waals surface area (Å²) in [4.78, 5) is 8.70. The molecule has 0 spiro atoms. The number of hydrogen-bond acceptors (Lipinski definition) is 3. The van der Waals surface area contributed by atoms with Crippen LogP contribution in [0.2, 0.25) is 0 Å². The van der Waals surface area contributed by atoms with Crippen LogP contribution in [0, 0.1) is 0 Å². The smallest absolute Gasteiger partial charge is 0.0110 e. The van der Waals surface area contributed by atoms with Crippen molar-refractivity contribution in [1.29, 1.82) is 0 Å². The molecular formula is C49H103N3. The number of unbranched alkanes of at least 4 members (excludes halogenated alkanes) is 30. The van der Waals surface area contributed by atoms with E-state index in [0.29, 0.717) is 0 Å². The molecule has 52 heavy (non-hydrogen) atoms. The highest BCUT2D eigenvalue weighted by molar-refractivity contribution is 4.69. The first-order chi connectivity index (χ1) is 25.7. The van der Waals surface area contributed by atoms with Crippen molar-refractivity contribution in [2.75, 3.05) is 58.9 Å². The van der Waals surface area contributed by atoms with Gasteiger partial charge in [0.05, 0.1) is 0 Å². The van der Waals surface area contributed by atoms with E-state index in [1.54, 1.807) is 0 Å². The van der Waals surface area contributed by atoms with Crippen LogP contribution in [0.4, 0.5) is 0 Å². The van der Waals surface area contributed by atoms with Crippen LogP contribution in [-0.4, -0.2) is 73.6 Å². The van der Waals surface area contributed by atoms with Crippen molar-refractivity contribution in [3.8, 4) is 0 Å². The van der Waals surface area contributed by atoms with E-state index in [1.165, 1.54) is 284 Å². The summed E-state index contributed by atoms with van der Waals surface area (Å²) >= 11 is 0. The maximum absolute atomic E-state index is 2.91. The van der Waals surface area contributed by atoms with E-state index < -0.39 is 0 Å². The molecule has 0 aliphatic rings. The van der Waals surface area contributed by atoms with Crippen LogP contribution < -0.4 is 0 Å². The van der Waals surface area contributed by atoms with Crippen molar-refractivity contribution in [2.24, 2.45) is 0 Å². The van der Waals surface area contributed by atoms with E-state index in [0.717, 1.165) is 0 Å². The number of hydrogen-bond donors (Lipinski definition) is 0. The summed E-state index contributed by atoms with van der Waals surface area (Å²) in [5.74, 6) is 0. The minimum atomic E-state index is 1.28. The molecule has 3 nitrogen and oxygen atoms in total. The predicted molar refractivity (Wildman–Crippen MR) is 239 cm³/mol. The molecular weight excluding hydrogens is 631 g/mol. The summed E-state index contributed by atoms with van der Waals surface area (Å²) in [7, 11) is 0. The Balaban J connectivity index is 5.20. The molecule has 0 heterocycles. The largest absolute Gasteiger partial charge is 0.302 e. The second-order valence-corrected chi connectivity index (χ2v) is 17.1. The zero-order chi connectivity index (χ0) is 37.8. The second-order valence-electron chi connectivity index (χ2n) is 17.1. The van der Waals surface area contributed by atoms with Gasteiger partial charge in [-0.25, -0.2) is 0 Å². The van der Waals surface area contributed by atoms with Gasteiger partial charge in [0.25, 0.3) is 0 Å².